The zero-order valence-electron chi connectivity index (χ0n) is 12.6. The molecule has 0 aliphatic heterocycles. The van der Waals surface area contributed by atoms with Gasteiger partial charge >= 0.3 is 0 Å². The van der Waals surface area contributed by atoms with Crippen LogP contribution in [0, 0.1) is 0 Å². The third kappa shape index (κ3) is 4.18. The Labute approximate surface area is 140 Å². The van der Waals surface area contributed by atoms with Gasteiger partial charge in [0.1, 0.15) is 0 Å². The number of hydrogen-bond donors (Lipinski definition) is 0. The fourth-order valence-electron chi connectivity index (χ4n) is 2.30. The summed E-state index contributed by atoms with van der Waals surface area (Å²) in [6.07, 6.45) is 3.51. The van der Waals surface area contributed by atoms with Gasteiger partial charge in [-0.05, 0) is 35.2 Å². The van der Waals surface area contributed by atoms with Crippen LogP contribution in [-0.2, 0) is 11.3 Å². The highest BCUT2D eigenvalue weighted by Crippen LogP contribution is 2.18. The Bertz CT molecular complexity index is 764. The van der Waals surface area contributed by atoms with Crippen LogP contribution in [0.1, 0.15) is 10.4 Å². The summed E-state index contributed by atoms with van der Waals surface area (Å²) in [4.78, 5) is 15.6. The molecule has 0 saturated heterocycles. The number of para-hydroxylation sites is 1. The fraction of sp³-hybridized carbons (Fsp3) is 0.0500. The average Bonchev–Trinajstić information content (AvgIpc) is 3.13. The maximum Gasteiger partial charge on any atom is 0.251 e. The second-order valence-electron chi connectivity index (χ2n) is 5.09. The van der Waals surface area contributed by atoms with Crippen LogP contribution < -0.4 is 4.90 Å². The molecule has 3 aromatic rings. The molecule has 2 nitrogen and oxygen atoms in total. The van der Waals surface area contributed by atoms with Gasteiger partial charge in [-0.25, -0.2) is 0 Å². The number of anilines is 1. The van der Waals surface area contributed by atoms with E-state index in [0.717, 1.165) is 16.1 Å². The maximum atomic E-state index is 12.7. The first-order valence-corrected chi connectivity index (χ1v) is 8.33. The zero-order valence-corrected chi connectivity index (χ0v) is 13.4. The van der Waals surface area contributed by atoms with E-state index < -0.39 is 0 Å². The molecule has 1 aromatic heterocycles. The van der Waals surface area contributed by atoms with E-state index in [4.69, 9.17) is 0 Å². The van der Waals surface area contributed by atoms with Crippen molar-refractivity contribution in [1.82, 2.24) is 0 Å². The smallest absolute Gasteiger partial charge is 0.251 e. The van der Waals surface area contributed by atoms with Gasteiger partial charge in [-0.2, -0.15) is 0 Å². The van der Waals surface area contributed by atoms with E-state index in [9.17, 15) is 4.79 Å². The van der Waals surface area contributed by atoms with Gasteiger partial charge in [-0.15, -0.1) is 11.3 Å². The Kier molecular flexibility index (Phi) is 5.02. The van der Waals surface area contributed by atoms with Gasteiger partial charge in [0.15, 0.2) is 0 Å². The Morgan fingerprint density at radius 1 is 0.913 bits per heavy atom. The SMILES string of the molecule is O=C(/C=C/c1cccs1)N(Cc1ccccc1)c1ccccc1. The summed E-state index contributed by atoms with van der Waals surface area (Å²) in [5.41, 5.74) is 2.01. The van der Waals surface area contributed by atoms with Crippen molar-refractivity contribution in [3.63, 3.8) is 0 Å². The molecule has 3 heteroatoms. The molecule has 1 heterocycles. The lowest BCUT2D eigenvalue weighted by Crippen LogP contribution is -2.28. The first-order valence-electron chi connectivity index (χ1n) is 7.45. The van der Waals surface area contributed by atoms with Gasteiger partial charge in [-0.3, -0.25) is 4.79 Å². The van der Waals surface area contributed by atoms with Gasteiger partial charge in [-0.1, -0.05) is 54.6 Å². The second kappa shape index (κ2) is 7.56. The zero-order chi connectivity index (χ0) is 15.9. The first kappa shape index (κ1) is 15.3. The summed E-state index contributed by atoms with van der Waals surface area (Å²) in [6.45, 7) is 0.554. The number of hydrogen-bond acceptors (Lipinski definition) is 2. The molecule has 0 spiro atoms. The lowest BCUT2D eigenvalue weighted by Gasteiger charge is -2.21. The van der Waals surface area contributed by atoms with Crippen molar-refractivity contribution in [2.75, 3.05) is 4.90 Å². The average molecular weight is 319 g/mol. The lowest BCUT2D eigenvalue weighted by atomic mass is 10.2. The first-order chi connectivity index (χ1) is 11.3. The minimum atomic E-state index is -0.0200. The van der Waals surface area contributed by atoms with Gasteiger partial charge in [0, 0.05) is 16.6 Å². The molecule has 0 aliphatic carbocycles. The third-order valence-corrected chi connectivity index (χ3v) is 4.29. The molecular weight excluding hydrogens is 302 g/mol. The van der Waals surface area contributed by atoms with Gasteiger partial charge in [0.25, 0.3) is 5.91 Å². The number of amides is 1. The fourth-order valence-corrected chi connectivity index (χ4v) is 2.92. The third-order valence-electron chi connectivity index (χ3n) is 3.45. The predicted octanol–water partition coefficient (Wildman–Crippen LogP) is 4.99. The normalized spacial score (nSPS) is 10.8. The van der Waals surface area contributed by atoms with Crippen molar-refractivity contribution < 1.29 is 4.79 Å². The van der Waals surface area contributed by atoms with E-state index in [-0.39, 0.29) is 5.91 Å². The number of carbonyl (C=O) groups excluding carboxylic acids is 1. The van der Waals surface area contributed by atoms with Crippen LogP contribution in [0.2, 0.25) is 0 Å². The summed E-state index contributed by atoms with van der Waals surface area (Å²) in [5.74, 6) is -0.0200. The summed E-state index contributed by atoms with van der Waals surface area (Å²) in [5, 5.41) is 2.00. The van der Waals surface area contributed by atoms with E-state index in [1.165, 1.54) is 0 Å². The molecule has 2 aromatic carbocycles. The van der Waals surface area contributed by atoms with Crippen molar-refractivity contribution in [2.45, 2.75) is 6.54 Å². The summed E-state index contributed by atoms with van der Waals surface area (Å²) in [6, 6.07) is 23.8. The summed E-state index contributed by atoms with van der Waals surface area (Å²) >= 11 is 1.62. The Balaban J connectivity index is 1.84. The van der Waals surface area contributed by atoms with E-state index in [0.29, 0.717) is 6.54 Å². The van der Waals surface area contributed by atoms with Gasteiger partial charge < -0.3 is 4.90 Å². The molecule has 0 bridgehead atoms. The monoisotopic (exact) mass is 319 g/mol. The van der Waals surface area contributed by atoms with Crippen LogP contribution in [-0.4, -0.2) is 5.91 Å². The van der Waals surface area contributed by atoms with Crippen LogP contribution in [0.5, 0.6) is 0 Å². The van der Waals surface area contributed by atoms with Crippen LogP contribution in [0.25, 0.3) is 6.08 Å². The molecule has 0 N–H and O–H groups in total. The summed E-state index contributed by atoms with van der Waals surface area (Å²) < 4.78 is 0. The summed E-state index contributed by atoms with van der Waals surface area (Å²) in [7, 11) is 0. The quantitative estimate of drug-likeness (QED) is 0.606. The van der Waals surface area contributed by atoms with Crippen molar-refractivity contribution in [2.24, 2.45) is 0 Å². The van der Waals surface area contributed by atoms with Crippen molar-refractivity contribution in [3.8, 4) is 0 Å². The Morgan fingerprint density at radius 2 is 1.61 bits per heavy atom. The van der Waals surface area contributed by atoms with E-state index in [1.807, 2.05) is 84.3 Å². The van der Waals surface area contributed by atoms with Crippen LogP contribution >= 0.6 is 11.3 Å². The minimum absolute atomic E-state index is 0.0200. The van der Waals surface area contributed by atoms with Crippen molar-refractivity contribution >= 4 is 29.0 Å². The molecule has 23 heavy (non-hydrogen) atoms. The molecule has 0 saturated carbocycles. The number of nitrogens with zero attached hydrogens (tertiary/aromatic N) is 1. The number of carbonyl (C=O) groups is 1. The number of rotatable bonds is 5. The van der Waals surface area contributed by atoms with E-state index >= 15 is 0 Å². The molecule has 1 amide bonds. The van der Waals surface area contributed by atoms with Crippen LogP contribution in [0.4, 0.5) is 5.69 Å². The Hall–Kier alpha value is -2.65. The Morgan fingerprint density at radius 3 is 2.26 bits per heavy atom. The molecule has 3 rings (SSSR count). The number of benzene rings is 2. The minimum Gasteiger partial charge on any atom is -0.304 e. The molecule has 0 atom stereocenters. The predicted molar refractivity (Wildman–Crippen MR) is 97.4 cm³/mol. The molecule has 0 radical (unpaired) electrons. The second-order valence-corrected chi connectivity index (χ2v) is 6.07. The number of thiophene rings is 1. The molecular formula is C20H17NOS. The van der Waals surface area contributed by atoms with E-state index in [1.54, 1.807) is 22.3 Å². The molecule has 114 valence electrons. The van der Waals surface area contributed by atoms with Gasteiger partial charge in [0.05, 0.1) is 6.54 Å². The standard InChI is InChI=1S/C20H17NOS/c22-20(14-13-19-12-7-15-23-19)21(18-10-5-2-6-11-18)16-17-8-3-1-4-9-17/h1-15H,16H2/b14-13+. The molecule has 0 unspecified atom stereocenters. The lowest BCUT2D eigenvalue weighted by molar-refractivity contribution is -0.114. The highest BCUT2D eigenvalue weighted by molar-refractivity contribution is 7.10. The van der Waals surface area contributed by atoms with Gasteiger partial charge in [0.2, 0.25) is 0 Å². The van der Waals surface area contributed by atoms with E-state index in [2.05, 4.69) is 0 Å². The van der Waals surface area contributed by atoms with Crippen LogP contribution in [0.3, 0.4) is 0 Å². The molecule has 0 fully saturated rings. The van der Waals surface area contributed by atoms with Crippen molar-refractivity contribution in [3.05, 3.63) is 94.7 Å². The maximum absolute atomic E-state index is 12.7. The van der Waals surface area contributed by atoms with Crippen molar-refractivity contribution in [1.29, 1.82) is 0 Å². The molecule has 0 aliphatic rings. The highest BCUT2D eigenvalue weighted by atomic mass is 32.1. The topological polar surface area (TPSA) is 20.3 Å². The van der Waals surface area contributed by atoms with Crippen LogP contribution in [0.15, 0.2) is 84.3 Å². The largest absolute Gasteiger partial charge is 0.304 e. The highest BCUT2D eigenvalue weighted by Gasteiger charge is 2.13.